The van der Waals surface area contributed by atoms with Gasteiger partial charge in [-0.15, -0.1) is 0 Å². The summed E-state index contributed by atoms with van der Waals surface area (Å²) in [5.41, 5.74) is 6.30. The maximum absolute atomic E-state index is 5.99. The normalized spacial score (nSPS) is 12.8. The van der Waals surface area contributed by atoms with Crippen LogP contribution in [0.5, 0.6) is 0 Å². The molecule has 1 heterocycles. The molecule has 0 atom stereocenters. The number of hydrogen-bond donors (Lipinski definition) is 0. The maximum atomic E-state index is 5.99. The number of benzene rings is 2. The first-order valence-corrected chi connectivity index (χ1v) is 5.93. The van der Waals surface area contributed by atoms with Gasteiger partial charge in [0.25, 0.3) is 0 Å². The second-order valence-corrected chi connectivity index (χ2v) is 4.74. The van der Waals surface area contributed by atoms with Crippen LogP contribution >= 0.6 is 0 Å². The van der Waals surface area contributed by atoms with E-state index in [4.69, 9.17) is 4.42 Å². The Morgan fingerprint density at radius 2 is 1.94 bits per heavy atom. The van der Waals surface area contributed by atoms with Gasteiger partial charge < -0.3 is 4.42 Å². The minimum atomic E-state index is 1.00. The molecule has 1 aliphatic rings. The van der Waals surface area contributed by atoms with Crippen LogP contribution in [0, 0.1) is 6.92 Å². The van der Waals surface area contributed by atoms with E-state index in [9.17, 15) is 0 Å². The van der Waals surface area contributed by atoms with Crippen molar-refractivity contribution in [2.45, 2.75) is 13.3 Å². The van der Waals surface area contributed by atoms with Gasteiger partial charge in [-0.2, -0.15) is 0 Å². The summed E-state index contributed by atoms with van der Waals surface area (Å²) < 4.78 is 5.99. The molecule has 0 amide bonds. The van der Waals surface area contributed by atoms with Gasteiger partial charge in [0, 0.05) is 22.9 Å². The van der Waals surface area contributed by atoms with Crippen LogP contribution in [0.4, 0.5) is 0 Å². The molecule has 4 rings (SSSR count). The zero-order valence-corrected chi connectivity index (χ0v) is 9.66. The molecule has 0 unspecified atom stereocenters. The van der Waals surface area contributed by atoms with E-state index in [-0.39, 0.29) is 0 Å². The lowest BCUT2D eigenvalue weighted by molar-refractivity contribution is 0.631. The maximum Gasteiger partial charge on any atom is 0.139 e. The number of furan rings is 1. The molecule has 1 aliphatic carbocycles. The topological polar surface area (TPSA) is 13.1 Å². The van der Waals surface area contributed by atoms with Crippen molar-refractivity contribution in [2.24, 2.45) is 0 Å². The van der Waals surface area contributed by atoms with Gasteiger partial charge in [-0.3, -0.25) is 0 Å². The van der Waals surface area contributed by atoms with Gasteiger partial charge >= 0.3 is 0 Å². The predicted molar refractivity (Wildman–Crippen MR) is 69.2 cm³/mol. The fourth-order valence-electron chi connectivity index (χ4n) is 2.74. The van der Waals surface area contributed by atoms with Crippen LogP contribution in [0.25, 0.3) is 22.3 Å². The summed E-state index contributed by atoms with van der Waals surface area (Å²) in [4.78, 5) is 0. The van der Waals surface area contributed by atoms with Crippen LogP contribution in [0.1, 0.15) is 16.7 Å². The van der Waals surface area contributed by atoms with Gasteiger partial charge in [0.05, 0.1) is 0 Å². The molecular formula is C16H12O. The lowest BCUT2D eigenvalue weighted by Gasteiger charge is -2.00. The predicted octanol–water partition coefficient (Wildman–Crippen LogP) is 4.31. The largest absolute Gasteiger partial charge is 0.456 e. The minimum Gasteiger partial charge on any atom is -0.456 e. The van der Waals surface area contributed by atoms with Crippen molar-refractivity contribution in [3.63, 3.8) is 0 Å². The molecule has 0 radical (unpaired) electrons. The Kier molecular flexibility index (Phi) is 1.60. The van der Waals surface area contributed by atoms with E-state index in [1.54, 1.807) is 0 Å². The lowest BCUT2D eigenvalue weighted by Crippen LogP contribution is -1.82. The molecule has 0 fully saturated rings. The summed E-state index contributed by atoms with van der Waals surface area (Å²) in [6.45, 7) is 2.13. The van der Waals surface area contributed by atoms with Crippen molar-refractivity contribution in [2.75, 3.05) is 0 Å². The van der Waals surface area contributed by atoms with Crippen LogP contribution in [0.2, 0.25) is 0 Å². The summed E-state index contributed by atoms with van der Waals surface area (Å²) >= 11 is 0. The molecule has 0 saturated carbocycles. The number of aryl methyl sites for hydroxylation is 1. The van der Waals surface area contributed by atoms with Crippen LogP contribution in [0.3, 0.4) is 0 Å². The van der Waals surface area contributed by atoms with Gasteiger partial charge in [-0.25, -0.2) is 0 Å². The first-order valence-electron chi connectivity index (χ1n) is 5.93. The van der Waals surface area contributed by atoms with Gasteiger partial charge in [0.15, 0.2) is 0 Å². The Hall–Kier alpha value is -2.02. The van der Waals surface area contributed by atoms with Crippen molar-refractivity contribution < 1.29 is 4.42 Å². The molecule has 0 spiro atoms. The highest BCUT2D eigenvalue weighted by Crippen LogP contribution is 2.42. The zero-order chi connectivity index (χ0) is 11.4. The standard InChI is InChI=1S/C16H12O/c1-10-6-7-11-9-14-12-4-2-3-5-15(12)17-16(14)13(11)8-10/h2-8H,9H2,1H3. The van der Waals surface area contributed by atoms with E-state index >= 15 is 0 Å². The van der Waals surface area contributed by atoms with Crippen molar-refractivity contribution in [3.05, 3.63) is 59.2 Å². The van der Waals surface area contributed by atoms with Crippen LogP contribution in [-0.2, 0) is 6.42 Å². The second-order valence-electron chi connectivity index (χ2n) is 4.74. The Morgan fingerprint density at radius 1 is 1.06 bits per heavy atom. The number of hydrogen-bond acceptors (Lipinski definition) is 1. The van der Waals surface area contributed by atoms with Crippen LogP contribution in [-0.4, -0.2) is 0 Å². The number of para-hydroxylation sites is 1. The Bertz CT molecular complexity index is 734. The highest BCUT2D eigenvalue weighted by molar-refractivity contribution is 5.91. The van der Waals surface area contributed by atoms with Crippen LogP contribution in [0.15, 0.2) is 46.9 Å². The molecule has 0 aliphatic heterocycles. The average molecular weight is 220 g/mol. The molecule has 0 N–H and O–H groups in total. The molecule has 1 nitrogen and oxygen atoms in total. The monoisotopic (exact) mass is 220 g/mol. The van der Waals surface area contributed by atoms with Gasteiger partial charge in [-0.05, 0) is 24.6 Å². The van der Waals surface area contributed by atoms with Gasteiger partial charge in [0.2, 0.25) is 0 Å². The first-order chi connectivity index (χ1) is 8.33. The van der Waals surface area contributed by atoms with Crippen molar-refractivity contribution in [3.8, 4) is 11.3 Å². The van der Waals surface area contributed by atoms with Gasteiger partial charge in [0.1, 0.15) is 11.3 Å². The van der Waals surface area contributed by atoms with E-state index in [1.165, 1.54) is 27.6 Å². The Balaban J connectivity index is 2.09. The summed E-state index contributed by atoms with van der Waals surface area (Å²) in [5, 5.41) is 1.26. The van der Waals surface area contributed by atoms with E-state index in [0.717, 1.165) is 17.8 Å². The van der Waals surface area contributed by atoms with E-state index in [1.807, 2.05) is 12.1 Å². The molecule has 3 aromatic rings. The molecule has 82 valence electrons. The average Bonchev–Trinajstić information content (AvgIpc) is 2.85. The van der Waals surface area contributed by atoms with Crippen molar-refractivity contribution >= 4 is 11.0 Å². The minimum absolute atomic E-state index is 1.00. The summed E-state index contributed by atoms with van der Waals surface area (Å²) in [6, 6.07) is 14.9. The molecule has 1 aromatic heterocycles. The third-order valence-corrected chi connectivity index (χ3v) is 3.58. The Labute approximate surface area is 99.7 Å². The molecule has 0 saturated heterocycles. The highest BCUT2D eigenvalue weighted by atomic mass is 16.3. The fraction of sp³-hybridized carbons (Fsp3) is 0.125. The van der Waals surface area contributed by atoms with Crippen LogP contribution < -0.4 is 0 Å². The van der Waals surface area contributed by atoms with Gasteiger partial charge in [-0.1, -0.05) is 35.9 Å². The third-order valence-electron chi connectivity index (χ3n) is 3.58. The summed E-state index contributed by atoms with van der Waals surface area (Å²) in [7, 11) is 0. The lowest BCUT2D eigenvalue weighted by atomic mass is 10.1. The van der Waals surface area contributed by atoms with E-state index in [0.29, 0.717) is 0 Å². The third kappa shape index (κ3) is 1.14. The smallest absolute Gasteiger partial charge is 0.139 e. The quantitative estimate of drug-likeness (QED) is 0.430. The second kappa shape index (κ2) is 3.01. The van der Waals surface area contributed by atoms with Crippen molar-refractivity contribution in [1.29, 1.82) is 0 Å². The Morgan fingerprint density at radius 3 is 2.88 bits per heavy atom. The van der Waals surface area contributed by atoms with E-state index < -0.39 is 0 Å². The summed E-state index contributed by atoms with van der Waals surface area (Å²) in [6.07, 6.45) is 1.00. The molecule has 17 heavy (non-hydrogen) atoms. The molecule has 1 heteroatoms. The van der Waals surface area contributed by atoms with Crippen molar-refractivity contribution in [1.82, 2.24) is 0 Å². The SMILES string of the molecule is Cc1ccc2c(c1)-c1oc3ccccc3c1C2. The highest BCUT2D eigenvalue weighted by Gasteiger charge is 2.24. The molecular weight excluding hydrogens is 208 g/mol. The summed E-state index contributed by atoms with van der Waals surface area (Å²) in [5.74, 6) is 1.07. The zero-order valence-electron chi connectivity index (χ0n) is 9.66. The number of rotatable bonds is 0. The fourth-order valence-corrected chi connectivity index (χ4v) is 2.74. The first kappa shape index (κ1) is 9.06. The number of fused-ring (bicyclic) bond motifs is 5. The molecule has 2 aromatic carbocycles. The molecule has 0 bridgehead atoms. The van der Waals surface area contributed by atoms with E-state index in [2.05, 4.69) is 37.3 Å².